The zero-order valence-corrected chi connectivity index (χ0v) is 12.4. The van der Waals surface area contributed by atoms with Gasteiger partial charge in [0, 0.05) is 43.3 Å². The van der Waals surface area contributed by atoms with Crippen LogP contribution in [0.4, 0.5) is 0 Å². The molecule has 0 radical (unpaired) electrons. The first-order chi connectivity index (χ1) is 10.1. The molecule has 0 spiro atoms. The maximum atomic E-state index is 12.0. The van der Waals surface area contributed by atoms with Crippen molar-refractivity contribution in [3.05, 3.63) is 30.1 Å². The van der Waals surface area contributed by atoms with Crippen LogP contribution < -0.4 is 5.73 Å². The second-order valence-electron chi connectivity index (χ2n) is 5.98. The van der Waals surface area contributed by atoms with Crippen molar-refractivity contribution in [2.24, 2.45) is 5.73 Å². The molecule has 0 bridgehead atoms. The van der Waals surface area contributed by atoms with Crippen LogP contribution in [-0.2, 0) is 4.79 Å². The van der Waals surface area contributed by atoms with E-state index in [0.717, 1.165) is 31.6 Å². The first-order valence-electron chi connectivity index (χ1n) is 7.60. The number of carbonyl (C=O) groups is 1. The van der Waals surface area contributed by atoms with Crippen LogP contribution in [0.2, 0.25) is 0 Å². The Labute approximate surface area is 124 Å². The number of hydrogen-bond acceptors (Lipinski definition) is 3. The molecule has 21 heavy (non-hydrogen) atoms. The Hall–Kier alpha value is -1.88. The van der Waals surface area contributed by atoms with Gasteiger partial charge in [-0.25, -0.2) is 4.98 Å². The van der Waals surface area contributed by atoms with E-state index in [1.165, 1.54) is 10.9 Å². The zero-order chi connectivity index (χ0) is 14.8. The van der Waals surface area contributed by atoms with E-state index in [-0.39, 0.29) is 11.9 Å². The molecule has 0 aromatic carbocycles. The van der Waals surface area contributed by atoms with Crippen LogP contribution in [0.3, 0.4) is 0 Å². The predicted octanol–water partition coefficient (Wildman–Crippen LogP) is 2.01. The third-order valence-electron chi connectivity index (χ3n) is 4.27. The number of carbonyl (C=O) groups excluding carboxylic acids is 1. The number of pyridine rings is 1. The van der Waals surface area contributed by atoms with Crippen molar-refractivity contribution in [1.82, 2.24) is 14.9 Å². The number of piperidine rings is 1. The molecule has 0 aliphatic carbocycles. The normalized spacial score (nSPS) is 18.1. The molecule has 1 fully saturated rings. The molecule has 2 aromatic heterocycles. The summed E-state index contributed by atoms with van der Waals surface area (Å²) in [6, 6.07) is 4.03. The summed E-state index contributed by atoms with van der Waals surface area (Å²) in [5.74, 6) is 0.686. The molecule has 5 heteroatoms. The predicted molar refractivity (Wildman–Crippen MR) is 82.9 cm³/mol. The van der Waals surface area contributed by atoms with E-state index in [2.05, 4.69) is 22.2 Å². The van der Waals surface area contributed by atoms with Gasteiger partial charge in [0.15, 0.2) is 0 Å². The van der Waals surface area contributed by atoms with Crippen molar-refractivity contribution in [2.75, 3.05) is 13.1 Å². The highest BCUT2D eigenvalue weighted by Crippen LogP contribution is 2.32. The Morgan fingerprint density at radius 1 is 1.52 bits per heavy atom. The SMILES string of the molecule is CC(N)CC(=O)N1CCC(c2c[nH]c3ncccc23)CC1. The standard InChI is InChI=1S/C16H22N4O/c1-11(17)9-15(21)20-7-4-12(5-8-20)14-10-19-16-13(14)3-2-6-18-16/h2-3,6,10-12H,4-5,7-9,17H2,1H3,(H,18,19). The van der Waals surface area contributed by atoms with Crippen LogP contribution >= 0.6 is 0 Å². The number of H-pyrrole nitrogens is 1. The highest BCUT2D eigenvalue weighted by atomic mass is 16.2. The van der Waals surface area contributed by atoms with Crippen LogP contribution in [0, 0.1) is 0 Å². The van der Waals surface area contributed by atoms with Gasteiger partial charge in [-0.05, 0) is 43.4 Å². The van der Waals surface area contributed by atoms with Gasteiger partial charge in [-0.3, -0.25) is 4.79 Å². The lowest BCUT2D eigenvalue weighted by Gasteiger charge is -2.32. The number of fused-ring (bicyclic) bond motifs is 1. The summed E-state index contributed by atoms with van der Waals surface area (Å²) in [4.78, 5) is 21.6. The summed E-state index contributed by atoms with van der Waals surface area (Å²) in [5.41, 5.74) is 7.99. The minimum atomic E-state index is -0.0603. The fraction of sp³-hybridized carbons (Fsp3) is 0.500. The molecule has 2 aromatic rings. The van der Waals surface area contributed by atoms with E-state index in [9.17, 15) is 4.79 Å². The maximum Gasteiger partial charge on any atom is 0.224 e. The van der Waals surface area contributed by atoms with Crippen molar-refractivity contribution >= 4 is 16.9 Å². The summed E-state index contributed by atoms with van der Waals surface area (Å²) in [6.07, 6.45) is 6.33. The van der Waals surface area contributed by atoms with Gasteiger partial charge in [0.2, 0.25) is 5.91 Å². The number of amides is 1. The van der Waals surface area contributed by atoms with Gasteiger partial charge in [0.05, 0.1) is 0 Å². The van der Waals surface area contributed by atoms with E-state index >= 15 is 0 Å². The van der Waals surface area contributed by atoms with Crippen LogP contribution in [0.1, 0.15) is 37.7 Å². The second-order valence-corrected chi connectivity index (χ2v) is 5.98. The zero-order valence-electron chi connectivity index (χ0n) is 12.4. The summed E-state index contributed by atoms with van der Waals surface area (Å²) >= 11 is 0. The summed E-state index contributed by atoms with van der Waals surface area (Å²) in [6.45, 7) is 3.52. The van der Waals surface area contributed by atoms with E-state index in [4.69, 9.17) is 5.73 Å². The molecule has 1 unspecified atom stereocenters. The minimum absolute atomic E-state index is 0.0603. The molecule has 1 saturated heterocycles. The largest absolute Gasteiger partial charge is 0.346 e. The van der Waals surface area contributed by atoms with Gasteiger partial charge >= 0.3 is 0 Å². The molecule has 1 aliphatic heterocycles. The lowest BCUT2D eigenvalue weighted by Crippen LogP contribution is -2.40. The quantitative estimate of drug-likeness (QED) is 0.906. The highest BCUT2D eigenvalue weighted by Gasteiger charge is 2.25. The van der Waals surface area contributed by atoms with E-state index in [0.29, 0.717) is 12.3 Å². The van der Waals surface area contributed by atoms with Gasteiger partial charge < -0.3 is 15.6 Å². The smallest absolute Gasteiger partial charge is 0.224 e. The van der Waals surface area contributed by atoms with Gasteiger partial charge in [0.1, 0.15) is 5.65 Å². The number of nitrogens with one attached hydrogen (secondary N) is 1. The topological polar surface area (TPSA) is 75.0 Å². The van der Waals surface area contributed by atoms with Crippen molar-refractivity contribution in [2.45, 2.75) is 38.1 Å². The van der Waals surface area contributed by atoms with Crippen molar-refractivity contribution in [3.8, 4) is 0 Å². The summed E-state index contributed by atoms with van der Waals surface area (Å²) in [5, 5.41) is 1.21. The highest BCUT2D eigenvalue weighted by molar-refractivity contribution is 5.80. The number of nitrogens with two attached hydrogens (primary N) is 1. The molecule has 5 nitrogen and oxygen atoms in total. The molecule has 1 amide bonds. The van der Waals surface area contributed by atoms with Crippen LogP contribution in [-0.4, -0.2) is 39.9 Å². The number of rotatable bonds is 3. The molecular formula is C16H22N4O. The average molecular weight is 286 g/mol. The first-order valence-corrected chi connectivity index (χ1v) is 7.60. The van der Waals surface area contributed by atoms with Gasteiger partial charge in [-0.1, -0.05) is 0 Å². The minimum Gasteiger partial charge on any atom is -0.346 e. The van der Waals surface area contributed by atoms with Crippen molar-refractivity contribution in [3.63, 3.8) is 0 Å². The summed E-state index contributed by atoms with van der Waals surface area (Å²) in [7, 11) is 0. The molecular weight excluding hydrogens is 264 g/mol. The molecule has 1 aliphatic rings. The molecule has 3 rings (SSSR count). The number of likely N-dealkylation sites (tertiary alicyclic amines) is 1. The third kappa shape index (κ3) is 2.93. The molecule has 3 N–H and O–H groups in total. The molecule has 1 atom stereocenters. The van der Waals surface area contributed by atoms with Gasteiger partial charge in [-0.2, -0.15) is 0 Å². The number of hydrogen-bond donors (Lipinski definition) is 2. The Morgan fingerprint density at radius 3 is 3.00 bits per heavy atom. The van der Waals surface area contributed by atoms with Gasteiger partial charge in [-0.15, -0.1) is 0 Å². The van der Waals surface area contributed by atoms with Crippen LogP contribution in [0.25, 0.3) is 11.0 Å². The molecule has 3 heterocycles. The maximum absolute atomic E-state index is 12.0. The lowest BCUT2D eigenvalue weighted by atomic mass is 9.89. The number of aromatic amines is 1. The monoisotopic (exact) mass is 286 g/mol. The lowest BCUT2D eigenvalue weighted by molar-refractivity contribution is -0.132. The van der Waals surface area contributed by atoms with E-state index in [1.807, 2.05) is 17.9 Å². The first kappa shape index (κ1) is 14.1. The van der Waals surface area contributed by atoms with E-state index in [1.54, 1.807) is 6.20 Å². The van der Waals surface area contributed by atoms with Crippen molar-refractivity contribution in [1.29, 1.82) is 0 Å². The van der Waals surface area contributed by atoms with Crippen LogP contribution in [0.15, 0.2) is 24.5 Å². The second kappa shape index (κ2) is 5.85. The Bertz CT molecular complexity index is 626. The number of nitrogens with zero attached hydrogens (tertiary/aromatic N) is 2. The third-order valence-corrected chi connectivity index (χ3v) is 4.27. The average Bonchev–Trinajstić information content (AvgIpc) is 2.90. The van der Waals surface area contributed by atoms with E-state index < -0.39 is 0 Å². The Balaban J connectivity index is 1.67. The van der Waals surface area contributed by atoms with Gasteiger partial charge in [0.25, 0.3) is 0 Å². The molecule has 0 saturated carbocycles. The molecule has 112 valence electrons. The number of aromatic nitrogens is 2. The Morgan fingerprint density at radius 2 is 2.29 bits per heavy atom. The van der Waals surface area contributed by atoms with Crippen molar-refractivity contribution < 1.29 is 4.79 Å². The summed E-state index contributed by atoms with van der Waals surface area (Å²) < 4.78 is 0. The fourth-order valence-electron chi connectivity index (χ4n) is 3.16. The fourth-order valence-corrected chi connectivity index (χ4v) is 3.16. The Kier molecular flexibility index (Phi) is 3.92. The van der Waals surface area contributed by atoms with Crippen LogP contribution in [0.5, 0.6) is 0 Å².